The van der Waals surface area contributed by atoms with Crippen LogP contribution in [-0.2, 0) is 0 Å². The van der Waals surface area contributed by atoms with Crippen molar-refractivity contribution >= 4 is 66.5 Å². The van der Waals surface area contributed by atoms with Crippen molar-refractivity contribution in [2.75, 3.05) is 14.1 Å². The number of carbonyl (C=O) groups is 4. The van der Waals surface area contributed by atoms with E-state index in [1.54, 1.807) is 34.8 Å². The predicted molar refractivity (Wildman–Crippen MR) is 141 cm³/mol. The van der Waals surface area contributed by atoms with E-state index < -0.39 is 0 Å². The van der Waals surface area contributed by atoms with Gasteiger partial charge < -0.3 is 0 Å². The summed E-state index contributed by atoms with van der Waals surface area (Å²) in [4.78, 5) is 53.6. The zero-order chi connectivity index (χ0) is 24.9. The van der Waals surface area contributed by atoms with Crippen LogP contribution < -0.4 is 0 Å². The van der Waals surface area contributed by atoms with E-state index in [1.165, 1.54) is 14.1 Å². The Morgan fingerprint density at radius 3 is 1.31 bits per heavy atom. The van der Waals surface area contributed by atoms with Gasteiger partial charge in [-0.1, -0.05) is 12.1 Å². The first kappa shape index (κ1) is 21.2. The monoisotopic (exact) mass is 508 g/mol. The highest BCUT2D eigenvalue weighted by Crippen LogP contribution is 2.41. The Morgan fingerprint density at radius 2 is 0.889 bits per heavy atom. The molecule has 0 N–H and O–H groups in total. The standard InChI is InChI=1S/C28H16N2O4S2/c1-29-25(31)17-5-3-13(7-19(17)27(29)33)21-9-15-11-24-16(12-23(15)35-21)10-22(36-24)14-4-6-18-20(8-14)28(34)30(2)26(18)32/h3-12H,1-2H3. The average Bonchev–Trinajstić information content (AvgIpc) is 3.60. The van der Waals surface area contributed by atoms with Gasteiger partial charge in [0.1, 0.15) is 0 Å². The van der Waals surface area contributed by atoms with E-state index in [0.717, 1.165) is 50.9 Å². The minimum atomic E-state index is -0.268. The lowest BCUT2D eigenvalue weighted by atomic mass is 10.0. The van der Waals surface area contributed by atoms with E-state index in [0.29, 0.717) is 22.3 Å². The molecule has 3 aromatic carbocycles. The first-order chi connectivity index (χ1) is 17.3. The van der Waals surface area contributed by atoms with E-state index in [-0.39, 0.29) is 23.6 Å². The summed E-state index contributed by atoms with van der Waals surface area (Å²) >= 11 is 3.29. The molecule has 2 aliphatic rings. The molecule has 0 unspecified atom stereocenters. The van der Waals surface area contributed by atoms with Crippen LogP contribution in [0.2, 0.25) is 0 Å². The maximum absolute atomic E-state index is 12.4. The van der Waals surface area contributed by atoms with Crippen LogP contribution in [0.4, 0.5) is 0 Å². The molecule has 0 bridgehead atoms. The molecule has 174 valence electrons. The van der Waals surface area contributed by atoms with Gasteiger partial charge in [-0.25, -0.2) is 0 Å². The van der Waals surface area contributed by atoms with Gasteiger partial charge in [0.25, 0.3) is 23.6 Å². The molecule has 8 heteroatoms. The summed E-state index contributed by atoms with van der Waals surface area (Å²) in [5, 5.41) is 2.21. The SMILES string of the molecule is CN1C(=O)c2ccc(-c3cc4cc5sc(-c6ccc7c(c6)C(=O)N(C)C7=O)cc5cc4s3)cc2C1=O. The summed E-state index contributed by atoms with van der Waals surface area (Å²) in [7, 11) is 3.01. The molecule has 0 aliphatic carbocycles. The molecule has 0 atom stereocenters. The molecule has 2 aromatic heterocycles. The fourth-order valence-corrected chi connectivity index (χ4v) is 7.06. The van der Waals surface area contributed by atoms with Crippen LogP contribution >= 0.6 is 22.7 Å². The van der Waals surface area contributed by atoms with Gasteiger partial charge in [-0.3, -0.25) is 29.0 Å². The van der Waals surface area contributed by atoms with Crippen molar-refractivity contribution in [3.8, 4) is 20.9 Å². The molecule has 36 heavy (non-hydrogen) atoms. The van der Waals surface area contributed by atoms with Crippen molar-refractivity contribution in [3.05, 3.63) is 82.9 Å². The van der Waals surface area contributed by atoms with E-state index in [2.05, 4.69) is 24.3 Å². The van der Waals surface area contributed by atoms with Gasteiger partial charge in [-0.05, 0) is 70.4 Å². The number of thiophene rings is 2. The highest BCUT2D eigenvalue weighted by molar-refractivity contribution is 7.23. The molecule has 0 spiro atoms. The van der Waals surface area contributed by atoms with Crippen molar-refractivity contribution in [1.82, 2.24) is 9.80 Å². The Hall–Kier alpha value is -4.14. The van der Waals surface area contributed by atoms with Gasteiger partial charge in [0.05, 0.1) is 22.3 Å². The molecule has 2 aliphatic heterocycles. The van der Waals surface area contributed by atoms with Crippen molar-refractivity contribution < 1.29 is 19.2 Å². The molecule has 0 saturated carbocycles. The summed E-state index contributed by atoms with van der Waals surface area (Å²) in [5.41, 5.74) is 3.62. The van der Waals surface area contributed by atoms with Gasteiger partial charge in [-0.15, -0.1) is 22.7 Å². The molecule has 7 rings (SSSR count). The Bertz CT molecular complexity index is 1680. The Balaban J connectivity index is 1.27. The topological polar surface area (TPSA) is 74.8 Å². The first-order valence-corrected chi connectivity index (χ1v) is 12.8. The minimum Gasteiger partial charge on any atom is -0.277 e. The third-order valence-electron chi connectivity index (χ3n) is 6.90. The second-order valence-corrected chi connectivity index (χ2v) is 11.2. The predicted octanol–water partition coefficient (Wildman–Crippen LogP) is 5.90. The molecule has 6 nitrogen and oxygen atoms in total. The second kappa shape index (κ2) is 7.19. The third kappa shape index (κ3) is 2.82. The van der Waals surface area contributed by atoms with Gasteiger partial charge >= 0.3 is 0 Å². The van der Waals surface area contributed by atoms with E-state index >= 15 is 0 Å². The summed E-state index contributed by atoms with van der Waals surface area (Å²) in [5.74, 6) is -1.06. The van der Waals surface area contributed by atoms with E-state index in [9.17, 15) is 19.2 Å². The molecular formula is C28H16N2O4S2. The van der Waals surface area contributed by atoms with Crippen LogP contribution in [0.25, 0.3) is 41.1 Å². The lowest BCUT2D eigenvalue weighted by molar-refractivity contribution is 0.0678. The largest absolute Gasteiger partial charge is 0.277 e. The minimum absolute atomic E-state index is 0.264. The zero-order valence-electron chi connectivity index (χ0n) is 19.1. The molecule has 0 fully saturated rings. The van der Waals surface area contributed by atoms with Crippen molar-refractivity contribution in [2.24, 2.45) is 0 Å². The first-order valence-electron chi connectivity index (χ1n) is 11.2. The summed E-state index contributed by atoms with van der Waals surface area (Å²) in [6.07, 6.45) is 0. The fourth-order valence-electron chi connectivity index (χ4n) is 4.89. The number of amides is 4. The average molecular weight is 509 g/mol. The number of nitrogens with zero attached hydrogens (tertiary/aromatic N) is 2. The molecule has 4 amide bonds. The Morgan fingerprint density at radius 1 is 0.500 bits per heavy atom. The van der Waals surface area contributed by atoms with Crippen molar-refractivity contribution in [1.29, 1.82) is 0 Å². The highest BCUT2D eigenvalue weighted by Gasteiger charge is 2.34. The lowest BCUT2D eigenvalue weighted by Crippen LogP contribution is -2.24. The molecular weight excluding hydrogens is 492 g/mol. The smallest absolute Gasteiger partial charge is 0.261 e. The number of benzene rings is 3. The van der Waals surface area contributed by atoms with E-state index in [4.69, 9.17) is 0 Å². The van der Waals surface area contributed by atoms with Crippen LogP contribution in [0.5, 0.6) is 0 Å². The van der Waals surface area contributed by atoms with Gasteiger partial charge in [0.15, 0.2) is 0 Å². The maximum atomic E-state index is 12.4. The Labute approximate surface area is 213 Å². The number of rotatable bonds is 2. The number of carbonyl (C=O) groups excluding carboxylic acids is 4. The molecule has 0 saturated heterocycles. The normalized spacial score (nSPS) is 15.1. The lowest BCUT2D eigenvalue weighted by Gasteiger charge is -2.02. The number of fused-ring (bicyclic) bond motifs is 4. The molecule has 0 radical (unpaired) electrons. The number of hydrogen-bond donors (Lipinski definition) is 0. The zero-order valence-corrected chi connectivity index (χ0v) is 20.8. The summed E-state index contributed by atoms with van der Waals surface area (Å²) in [6.45, 7) is 0. The van der Waals surface area contributed by atoms with Crippen LogP contribution in [0, 0.1) is 0 Å². The van der Waals surface area contributed by atoms with Gasteiger partial charge in [0.2, 0.25) is 0 Å². The fraction of sp³-hybridized carbons (Fsp3) is 0.0714. The van der Waals surface area contributed by atoms with Crippen LogP contribution in [0.3, 0.4) is 0 Å². The van der Waals surface area contributed by atoms with Crippen LogP contribution in [-0.4, -0.2) is 47.5 Å². The van der Waals surface area contributed by atoms with Gasteiger partial charge in [-0.2, -0.15) is 0 Å². The molecule has 5 aromatic rings. The van der Waals surface area contributed by atoms with Crippen LogP contribution in [0.1, 0.15) is 41.4 Å². The van der Waals surface area contributed by atoms with E-state index in [1.807, 2.05) is 24.3 Å². The highest BCUT2D eigenvalue weighted by atomic mass is 32.1. The molecule has 4 heterocycles. The number of imide groups is 2. The maximum Gasteiger partial charge on any atom is 0.261 e. The quantitative estimate of drug-likeness (QED) is 0.278. The van der Waals surface area contributed by atoms with Crippen molar-refractivity contribution in [3.63, 3.8) is 0 Å². The van der Waals surface area contributed by atoms with Crippen molar-refractivity contribution in [2.45, 2.75) is 0 Å². The third-order valence-corrected chi connectivity index (χ3v) is 9.20. The van der Waals surface area contributed by atoms with Gasteiger partial charge in [0, 0.05) is 33.2 Å². The second-order valence-electron chi connectivity index (χ2n) is 9.01. The number of hydrogen-bond acceptors (Lipinski definition) is 6. The summed E-state index contributed by atoms with van der Waals surface area (Å²) in [6, 6.07) is 19.4. The summed E-state index contributed by atoms with van der Waals surface area (Å²) < 4.78 is 2.25. The Kier molecular flexibility index (Phi) is 4.23. The van der Waals surface area contributed by atoms with Crippen LogP contribution in [0.15, 0.2) is 60.7 Å².